The molecule has 0 amide bonds. The van der Waals surface area contributed by atoms with Crippen molar-refractivity contribution in [3.63, 3.8) is 0 Å². The number of carbonyl (C=O) groups excluding carboxylic acids is 1. The quantitative estimate of drug-likeness (QED) is 0.108. The van der Waals surface area contributed by atoms with E-state index in [0.29, 0.717) is 57.9 Å². The minimum atomic E-state index is -1.20. The molecule has 5 rings (SSSR count). The van der Waals surface area contributed by atoms with Crippen LogP contribution in [0.5, 0.6) is 0 Å². The zero-order valence-corrected chi connectivity index (χ0v) is 36.7. The lowest BCUT2D eigenvalue weighted by Gasteiger charge is -2.58. The second-order valence-corrected chi connectivity index (χ2v) is 19.1. The molecular weight excluding hydrogens is 727 g/mol. The van der Waals surface area contributed by atoms with Crippen LogP contribution in [0, 0.1) is 53.8 Å². The fourth-order valence-corrected chi connectivity index (χ4v) is 11.1. The number of ether oxygens (including phenoxy) is 5. The molecule has 0 bridgehead atoms. The maximum absolute atomic E-state index is 14.6. The molecule has 4 N–H and O–H groups in total. The van der Waals surface area contributed by atoms with Gasteiger partial charge in [-0.2, -0.15) is 0 Å². The van der Waals surface area contributed by atoms with E-state index in [9.17, 15) is 24.9 Å². The summed E-state index contributed by atoms with van der Waals surface area (Å²) in [6.45, 7) is 22.2. The highest BCUT2D eigenvalue weighted by molar-refractivity contribution is 5.84. The summed E-state index contributed by atoms with van der Waals surface area (Å²) in [5, 5.41) is 36.4. The Kier molecular flexibility index (Phi) is 14.3. The van der Waals surface area contributed by atoms with Crippen LogP contribution in [0.3, 0.4) is 0 Å². The third-order valence-corrected chi connectivity index (χ3v) is 15.4. The van der Waals surface area contributed by atoms with Gasteiger partial charge in [-0.3, -0.25) is 14.9 Å². The Balaban J connectivity index is 1.38. The van der Waals surface area contributed by atoms with Crippen LogP contribution in [-0.2, 0) is 33.3 Å². The summed E-state index contributed by atoms with van der Waals surface area (Å²) in [5.74, 6) is -2.77. The van der Waals surface area contributed by atoms with Crippen molar-refractivity contribution in [1.82, 2.24) is 5.32 Å². The number of terminal acetylenes is 1. The third-order valence-electron chi connectivity index (χ3n) is 15.4. The molecule has 0 aromatic rings. The van der Waals surface area contributed by atoms with E-state index in [1.807, 2.05) is 47.6 Å². The Morgan fingerprint density at radius 1 is 0.912 bits per heavy atom. The fraction of sp³-hybridized carbons (Fsp3) is 0.870. The molecule has 11 heteroatoms. The molecule has 5 aliphatic rings. The normalized spacial score (nSPS) is 44.9. The molecule has 18 atom stereocenters. The van der Waals surface area contributed by atoms with E-state index >= 15 is 0 Å². The van der Waals surface area contributed by atoms with Gasteiger partial charge in [0.1, 0.15) is 5.78 Å². The van der Waals surface area contributed by atoms with Crippen LogP contribution < -0.4 is 5.32 Å². The number of Topliss-reactive ketones (excluding diaryl/α,β-unsaturated/α-hetero) is 1. The molecule has 2 spiro atoms. The Hall–Kier alpha value is -1.88. The Morgan fingerprint density at radius 3 is 2.19 bits per heavy atom. The molecule has 0 aromatic carbocycles. The summed E-state index contributed by atoms with van der Waals surface area (Å²) in [7, 11) is 0. The highest BCUT2D eigenvalue weighted by atomic mass is 16.8. The topological polar surface area (TPSA) is 153 Å². The second kappa shape index (κ2) is 17.6. The Labute approximate surface area is 342 Å². The molecule has 5 aliphatic heterocycles. The number of ketones is 1. The lowest BCUT2D eigenvalue weighted by Crippen LogP contribution is -2.70. The molecule has 4 fully saturated rings. The summed E-state index contributed by atoms with van der Waals surface area (Å²) in [6.07, 6.45) is 13.2. The molecular formula is C46H75NO10. The molecule has 4 saturated heterocycles. The molecule has 0 aromatic heterocycles. The van der Waals surface area contributed by atoms with E-state index in [0.717, 1.165) is 12.8 Å². The van der Waals surface area contributed by atoms with Crippen LogP contribution in [0.4, 0.5) is 0 Å². The highest BCUT2D eigenvalue weighted by Gasteiger charge is 2.66. The molecule has 0 saturated carbocycles. The number of carboxylic acid groups (broad SMARTS) is 1. The van der Waals surface area contributed by atoms with Crippen LogP contribution in [-0.4, -0.2) is 98.6 Å². The number of aliphatic hydroxyl groups is 2. The number of hydrogen-bond acceptors (Lipinski definition) is 10. The van der Waals surface area contributed by atoms with Gasteiger partial charge in [-0.15, -0.1) is 6.42 Å². The van der Waals surface area contributed by atoms with Gasteiger partial charge in [0.05, 0.1) is 65.8 Å². The second-order valence-electron chi connectivity index (χ2n) is 19.1. The van der Waals surface area contributed by atoms with Crippen LogP contribution in [0.2, 0.25) is 0 Å². The molecule has 57 heavy (non-hydrogen) atoms. The minimum absolute atomic E-state index is 0.0239. The highest BCUT2D eigenvalue weighted by Crippen LogP contribution is 2.56. The van der Waals surface area contributed by atoms with Gasteiger partial charge in [-0.25, -0.2) is 0 Å². The van der Waals surface area contributed by atoms with E-state index in [2.05, 4.69) is 45.0 Å². The fourth-order valence-electron chi connectivity index (χ4n) is 11.1. The number of hydrogen-bond donors (Lipinski definition) is 4. The molecule has 0 aliphatic carbocycles. The van der Waals surface area contributed by atoms with Crippen molar-refractivity contribution in [2.45, 2.75) is 205 Å². The molecule has 1 unspecified atom stereocenters. The maximum Gasteiger partial charge on any atom is 0.309 e. The molecule has 5 heterocycles. The van der Waals surface area contributed by atoms with E-state index in [1.54, 1.807) is 6.92 Å². The SMILES string of the molecule is C#CCNC1(C)C=C[C@]2(O[C@H]([C@@H](CC)C(=O)[C@@H](C)[C@@H](O)[C@H](C)[C@@H]3O[C@@H]([C@@H](CC)C(=O)O)CC[C@@H]3C)[C@@H](C)C[C@H]2C)O[C@@]12CC[C@@](C)([C@H]1CC[C@](O)(CC)[C@H](C)O1)O2. The summed E-state index contributed by atoms with van der Waals surface area (Å²) < 4.78 is 34.7. The minimum Gasteiger partial charge on any atom is -0.481 e. The molecule has 0 radical (unpaired) electrons. The summed E-state index contributed by atoms with van der Waals surface area (Å²) >= 11 is 0. The first-order valence-corrected chi connectivity index (χ1v) is 22.1. The summed E-state index contributed by atoms with van der Waals surface area (Å²) in [5.41, 5.74) is -2.40. The lowest BCUT2D eigenvalue weighted by molar-refractivity contribution is -0.408. The molecule has 11 nitrogen and oxygen atoms in total. The zero-order valence-electron chi connectivity index (χ0n) is 36.7. The number of carboxylic acids is 1. The van der Waals surface area contributed by atoms with Crippen molar-refractivity contribution in [3.8, 4) is 12.3 Å². The summed E-state index contributed by atoms with van der Waals surface area (Å²) in [4.78, 5) is 26.6. The van der Waals surface area contributed by atoms with Crippen molar-refractivity contribution in [2.24, 2.45) is 41.4 Å². The van der Waals surface area contributed by atoms with E-state index in [1.165, 1.54) is 0 Å². The number of nitrogens with one attached hydrogen (secondary N) is 1. The summed E-state index contributed by atoms with van der Waals surface area (Å²) in [6, 6.07) is 0. The molecule has 324 valence electrons. The zero-order chi connectivity index (χ0) is 42.3. The first-order valence-electron chi connectivity index (χ1n) is 22.1. The van der Waals surface area contributed by atoms with Gasteiger partial charge in [0, 0.05) is 30.1 Å². The van der Waals surface area contributed by atoms with Gasteiger partial charge < -0.3 is 39.0 Å². The van der Waals surface area contributed by atoms with Crippen molar-refractivity contribution in [1.29, 1.82) is 0 Å². The number of carbonyl (C=O) groups is 2. The van der Waals surface area contributed by atoms with E-state index in [-0.39, 0.29) is 47.8 Å². The Bertz CT molecular complexity index is 1500. The van der Waals surface area contributed by atoms with Crippen molar-refractivity contribution >= 4 is 11.8 Å². The maximum atomic E-state index is 14.6. The predicted molar refractivity (Wildman–Crippen MR) is 218 cm³/mol. The Morgan fingerprint density at radius 2 is 1.60 bits per heavy atom. The van der Waals surface area contributed by atoms with Crippen molar-refractivity contribution in [2.75, 3.05) is 6.54 Å². The van der Waals surface area contributed by atoms with Gasteiger partial charge in [0.25, 0.3) is 0 Å². The van der Waals surface area contributed by atoms with E-state index < -0.39 is 70.4 Å². The van der Waals surface area contributed by atoms with E-state index in [4.69, 9.17) is 30.1 Å². The first-order chi connectivity index (χ1) is 26.7. The average molecular weight is 802 g/mol. The van der Waals surface area contributed by atoms with Gasteiger partial charge >= 0.3 is 5.97 Å². The van der Waals surface area contributed by atoms with Gasteiger partial charge in [0.15, 0.2) is 11.6 Å². The lowest BCUT2D eigenvalue weighted by atomic mass is 9.72. The number of aliphatic carboxylic acids is 1. The predicted octanol–water partition coefficient (Wildman–Crippen LogP) is 6.81. The standard InChI is InChI=1S/C46H75NO10/c1-13-25-47-43(12)22-23-45(57-46(43)24-21-42(11,56-46)36-19-20-44(52,16-4)32(10)53-36)29(7)26-28(6)40(55-45)34(15-3)38(49)30(8)37(48)31(9)39-27(5)17-18-35(54-39)33(14-2)41(50)51/h1,22-23,27-37,39-40,47-48,52H,14-21,24-26H2,2-12H3,(H,50,51)/t27-,28-,29+,30-,31-,32-,33+,34-,35+,36+,37+,39+,40-,42-,43?,44+,45-,46-/m0/s1. The number of rotatable bonds is 14. The van der Waals surface area contributed by atoms with Gasteiger partial charge in [0.2, 0.25) is 0 Å². The van der Waals surface area contributed by atoms with Crippen LogP contribution in [0.15, 0.2) is 12.2 Å². The van der Waals surface area contributed by atoms with Crippen molar-refractivity contribution in [3.05, 3.63) is 12.2 Å². The van der Waals surface area contributed by atoms with Crippen LogP contribution >= 0.6 is 0 Å². The smallest absolute Gasteiger partial charge is 0.309 e. The van der Waals surface area contributed by atoms with Gasteiger partial charge in [-0.05, 0) is 96.5 Å². The third kappa shape index (κ3) is 8.55. The van der Waals surface area contributed by atoms with Crippen molar-refractivity contribution < 1.29 is 48.6 Å². The van der Waals surface area contributed by atoms with Gasteiger partial charge in [-0.1, -0.05) is 67.4 Å². The average Bonchev–Trinajstić information content (AvgIpc) is 3.53. The number of aliphatic hydroxyl groups excluding tert-OH is 1. The monoisotopic (exact) mass is 802 g/mol. The van der Waals surface area contributed by atoms with Crippen LogP contribution in [0.25, 0.3) is 0 Å². The van der Waals surface area contributed by atoms with Crippen LogP contribution in [0.1, 0.15) is 140 Å². The largest absolute Gasteiger partial charge is 0.481 e. The first kappa shape index (κ1) is 46.2.